The molecule has 1 heterocycles. The molecule has 0 fully saturated rings. The first-order valence-electron chi connectivity index (χ1n) is 4.28. The first kappa shape index (κ1) is 10.1. The van der Waals surface area contributed by atoms with Gasteiger partial charge < -0.3 is 9.84 Å². The second-order valence-electron chi connectivity index (χ2n) is 2.79. The van der Waals surface area contributed by atoms with Crippen molar-refractivity contribution in [3.63, 3.8) is 0 Å². The molecule has 1 N–H and O–H groups in total. The number of rotatable bonds is 4. The maximum absolute atomic E-state index is 9.49. The van der Waals surface area contributed by atoms with Crippen LogP contribution in [0.2, 0.25) is 0 Å². The summed E-state index contributed by atoms with van der Waals surface area (Å²) in [5.41, 5.74) is 0.979. The third-order valence-corrected chi connectivity index (χ3v) is 1.58. The summed E-state index contributed by atoms with van der Waals surface area (Å²) in [6, 6.07) is 0. The fourth-order valence-electron chi connectivity index (χ4n) is 0.879. The third-order valence-electron chi connectivity index (χ3n) is 1.58. The minimum absolute atomic E-state index is 0.250. The van der Waals surface area contributed by atoms with Crippen molar-refractivity contribution >= 4 is 0 Å². The number of nitrogens with zero attached hydrogens (tertiary/aromatic N) is 2. The fraction of sp³-hybridized carbons (Fsp3) is 0.556. The molecule has 0 aliphatic rings. The molecule has 0 amide bonds. The first-order valence-corrected chi connectivity index (χ1v) is 4.28. The Morgan fingerprint density at radius 2 is 2.08 bits per heavy atom. The molecule has 0 aromatic carbocycles. The van der Waals surface area contributed by atoms with E-state index in [1.807, 2.05) is 13.8 Å². The van der Waals surface area contributed by atoms with E-state index in [0.29, 0.717) is 12.4 Å². The lowest BCUT2D eigenvalue weighted by atomic mass is 10.3. The second-order valence-corrected chi connectivity index (χ2v) is 2.79. The molecule has 0 spiro atoms. The van der Waals surface area contributed by atoms with Crippen molar-refractivity contribution in [3.05, 3.63) is 23.8 Å². The SMILES string of the molecule is CCOCC(O)c1ncc(C)cn1. The number of aromatic nitrogens is 2. The monoisotopic (exact) mass is 182 g/mol. The van der Waals surface area contributed by atoms with E-state index in [1.54, 1.807) is 12.4 Å². The average Bonchev–Trinajstić information content (AvgIpc) is 2.15. The molecule has 0 aliphatic carbocycles. The van der Waals surface area contributed by atoms with Crippen molar-refractivity contribution in [3.8, 4) is 0 Å². The molecule has 0 saturated heterocycles. The summed E-state index contributed by atoms with van der Waals surface area (Å²) in [4.78, 5) is 7.98. The van der Waals surface area contributed by atoms with Crippen LogP contribution in [-0.4, -0.2) is 28.3 Å². The summed E-state index contributed by atoms with van der Waals surface area (Å²) < 4.78 is 5.05. The first-order chi connectivity index (χ1) is 6.24. The lowest BCUT2D eigenvalue weighted by Gasteiger charge is -2.08. The van der Waals surface area contributed by atoms with Gasteiger partial charge in [0.05, 0.1) is 6.61 Å². The Hall–Kier alpha value is -1.00. The zero-order valence-electron chi connectivity index (χ0n) is 7.90. The van der Waals surface area contributed by atoms with Crippen molar-refractivity contribution in [1.29, 1.82) is 0 Å². The standard InChI is InChI=1S/C9H14N2O2/c1-3-13-6-8(12)9-10-4-7(2)5-11-9/h4-5,8,12H,3,6H2,1-2H3. The van der Waals surface area contributed by atoms with E-state index >= 15 is 0 Å². The largest absolute Gasteiger partial charge is 0.383 e. The van der Waals surface area contributed by atoms with Crippen LogP contribution in [0.3, 0.4) is 0 Å². The molecule has 1 aromatic heterocycles. The van der Waals surface area contributed by atoms with Crippen LogP contribution in [0.5, 0.6) is 0 Å². The molecule has 0 bridgehead atoms. The molecule has 1 aromatic rings. The van der Waals surface area contributed by atoms with E-state index in [1.165, 1.54) is 0 Å². The third kappa shape index (κ3) is 3.08. The summed E-state index contributed by atoms with van der Waals surface area (Å²) in [6.07, 6.45) is 2.63. The summed E-state index contributed by atoms with van der Waals surface area (Å²) in [7, 11) is 0. The number of aliphatic hydroxyl groups excluding tert-OH is 1. The summed E-state index contributed by atoms with van der Waals surface area (Å²) in [6.45, 7) is 4.61. The highest BCUT2D eigenvalue weighted by Gasteiger charge is 2.09. The Kier molecular flexibility index (Phi) is 3.79. The van der Waals surface area contributed by atoms with Gasteiger partial charge in [-0.1, -0.05) is 0 Å². The summed E-state index contributed by atoms with van der Waals surface area (Å²) in [5, 5.41) is 9.49. The number of hydrogen-bond donors (Lipinski definition) is 1. The van der Waals surface area contributed by atoms with Gasteiger partial charge in [0.1, 0.15) is 6.10 Å². The molecule has 13 heavy (non-hydrogen) atoms. The van der Waals surface area contributed by atoms with Crippen LogP contribution in [0.1, 0.15) is 24.4 Å². The number of ether oxygens (including phenoxy) is 1. The molecular weight excluding hydrogens is 168 g/mol. The van der Waals surface area contributed by atoms with Gasteiger partial charge in [0.2, 0.25) is 0 Å². The van der Waals surface area contributed by atoms with E-state index in [2.05, 4.69) is 9.97 Å². The van der Waals surface area contributed by atoms with Gasteiger partial charge in [0, 0.05) is 19.0 Å². The fourth-order valence-corrected chi connectivity index (χ4v) is 0.879. The minimum atomic E-state index is -0.722. The highest BCUT2D eigenvalue weighted by atomic mass is 16.5. The molecular formula is C9H14N2O2. The van der Waals surface area contributed by atoms with Crippen molar-refractivity contribution in [2.75, 3.05) is 13.2 Å². The van der Waals surface area contributed by atoms with Gasteiger partial charge in [-0.15, -0.1) is 0 Å². The molecule has 0 aliphatic heterocycles. The van der Waals surface area contributed by atoms with Gasteiger partial charge >= 0.3 is 0 Å². The maximum Gasteiger partial charge on any atom is 0.159 e. The minimum Gasteiger partial charge on any atom is -0.383 e. The van der Waals surface area contributed by atoms with Crippen molar-refractivity contribution in [1.82, 2.24) is 9.97 Å². The van der Waals surface area contributed by atoms with Gasteiger partial charge in [-0.25, -0.2) is 9.97 Å². The molecule has 4 heteroatoms. The highest BCUT2D eigenvalue weighted by Crippen LogP contribution is 2.06. The van der Waals surface area contributed by atoms with Crippen LogP contribution in [0.25, 0.3) is 0 Å². The maximum atomic E-state index is 9.49. The predicted octanol–water partition coefficient (Wildman–Crippen LogP) is 0.855. The smallest absolute Gasteiger partial charge is 0.159 e. The molecule has 1 atom stereocenters. The highest BCUT2D eigenvalue weighted by molar-refractivity contribution is 5.03. The van der Waals surface area contributed by atoms with Crippen molar-refractivity contribution in [2.24, 2.45) is 0 Å². The van der Waals surface area contributed by atoms with E-state index in [-0.39, 0.29) is 6.61 Å². The predicted molar refractivity (Wildman–Crippen MR) is 48.2 cm³/mol. The van der Waals surface area contributed by atoms with Gasteiger partial charge in [-0.3, -0.25) is 0 Å². The van der Waals surface area contributed by atoms with Crippen LogP contribution >= 0.6 is 0 Å². The van der Waals surface area contributed by atoms with Crippen LogP contribution in [0, 0.1) is 6.92 Å². The van der Waals surface area contributed by atoms with Crippen molar-refractivity contribution in [2.45, 2.75) is 20.0 Å². The van der Waals surface area contributed by atoms with E-state index in [9.17, 15) is 5.11 Å². The summed E-state index contributed by atoms with van der Waals surface area (Å²) in [5.74, 6) is 0.416. The van der Waals surface area contributed by atoms with E-state index in [0.717, 1.165) is 5.56 Å². The van der Waals surface area contributed by atoms with Crippen LogP contribution in [-0.2, 0) is 4.74 Å². The van der Waals surface area contributed by atoms with Gasteiger partial charge in [0.15, 0.2) is 5.82 Å². The molecule has 0 radical (unpaired) electrons. The zero-order valence-corrected chi connectivity index (χ0v) is 7.90. The topological polar surface area (TPSA) is 55.2 Å². The molecule has 72 valence electrons. The number of aryl methyl sites for hydroxylation is 1. The van der Waals surface area contributed by atoms with Crippen molar-refractivity contribution < 1.29 is 9.84 Å². The second kappa shape index (κ2) is 4.89. The Morgan fingerprint density at radius 3 is 2.62 bits per heavy atom. The Morgan fingerprint density at radius 1 is 1.46 bits per heavy atom. The normalized spacial score (nSPS) is 12.8. The molecule has 1 unspecified atom stereocenters. The average molecular weight is 182 g/mol. The molecule has 1 rings (SSSR count). The van der Waals surface area contributed by atoms with Gasteiger partial charge in [-0.2, -0.15) is 0 Å². The van der Waals surface area contributed by atoms with Crippen LogP contribution in [0.15, 0.2) is 12.4 Å². The Bertz CT molecular complexity index is 248. The quantitative estimate of drug-likeness (QED) is 0.750. The number of hydrogen-bond acceptors (Lipinski definition) is 4. The van der Waals surface area contributed by atoms with E-state index in [4.69, 9.17) is 4.74 Å². The lowest BCUT2D eigenvalue weighted by molar-refractivity contribution is 0.0373. The molecule has 0 saturated carbocycles. The van der Waals surface area contributed by atoms with Gasteiger partial charge in [-0.05, 0) is 19.4 Å². The van der Waals surface area contributed by atoms with Crippen LogP contribution < -0.4 is 0 Å². The molecule has 4 nitrogen and oxygen atoms in total. The van der Waals surface area contributed by atoms with E-state index < -0.39 is 6.10 Å². The van der Waals surface area contributed by atoms with Crippen LogP contribution in [0.4, 0.5) is 0 Å². The number of aliphatic hydroxyl groups is 1. The summed E-state index contributed by atoms with van der Waals surface area (Å²) >= 11 is 0. The zero-order chi connectivity index (χ0) is 9.68. The Labute approximate surface area is 77.6 Å². The Balaban J connectivity index is 2.55. The van der Waals surface area contributed by atoms with Gasteiger partial charge in [0.25, 0.3) is 0 Å². The lowest BCUT2D eigenvalue weighted by Crippen LogP contribution is -2.10.